The molecular formula is C16H20N4O3S2. The summed E-state index contributed by atoms with van der Waals surface area (Å²) < 4.78 is 27.1. The zero-order valence-electron chi connectivity index (χ0n) is 14.1. The van der Waals surface area contributed by atoms with Crippen LogP contribution in [0.2, 0.25) is 0 Å². The van der Waals surface area contributed by atoms with Crippen LogP contribution in [0.15, 0.2) is 34.7 Å². The van der Waals surface area contributed by atoms with E-state index in [2.05, 4.69) is 39.5 Å². The number of anilines is 2. The molecule has 0 aliphatic carbocycles. The van der Waals surface area contributed by atoms with Crippen LogP contribution in [-0.2, 0) is 14.8 Å². The zero-order valence-corrected chi connectivity index (χ0v) is 15.7. The fraction of sp³-hybridized carbons (Fsp3) is 0.375. The Morgan fingerprint density at radius 1 is 1.16 bits per heavy atom. The van der Waals surface area contributed by atoms with E-state index in [4.69, 9.17) is 0 Å². The van der Waals surface area contributed by atoms with Crippen molar-refractivity contribution in [3.63, 3.8) is 0 Å². The molecule has 7 nitrogen and oxygen atoms in total. The number of sulfonamides is 1. The number of hydrogen-bond donors (Lipinski definition) is 1. The Kier molecular flexibility index (Phi) is 5.07. The average Bonchev–Trinajstić information content (AvgIpc) is 3.04. The number of rotatable bonds is 4. The molecule has 1 fully saturated rings. The Morgan fingerprint density at radius 2 is 1.80 bits per heavy atom. The Bertz CT molecular complexity index is 854. The average molecular weight is 380 g/mol. The second-order valence-corrected chi connectivity index (χ2v) is 9.09. The number of carbonyl (C=O) groups is 1. The predicted molar refractivity (Wildman–Crippen MR) is 98.6 cm³/mol. The summed E-state index contributed by atoms with van der Waals surface area (Å²) in [5.41, 5.74) is 2.30. The van der Waals surface area contributed by atoms with E-state index in [0.29, 0.717) is 31.3 Å². The number of benzene rings is 1. The minimum atomic E-state index is -3.58. The first-order valence-corrected chi connectivity index (χ1v) is 10.2. The van der Waals surface area contributed by atoms with Crippen molar-refractivity contribution in [2.45, 2.75) is 18.1 Å². The number of aromatic nitrogens is 1. The van der Waals surface area contributed by atoms with Crippen molar-refractivity contribution in [3.8, 4) is 0 Å². The summed E-state index contributed by atoms with van der Waals surface area (Å²) in [5, 5.41) is 2.81. The van der Waals surface area contributed by atoms with Crippen LogP contribution in [0, 0.1) is 6.92 Å². The normalized spacial score (nSPS) is 16.0. The van der Waals surface area contributed by atoms with Gasteiger partial charge in [0.2, 0.25) is 5.91 Å². The van der Waals surface area contributed by atoms with Crippen LogP contribution in [0.25, 0.3) is 0 Å². The molecule has 0 atom stereocenters. The fourth-order valence-corrected chi connectivity index (χ4v) is 5.31. The molecule has 2 heterocycles. The lowest BCUT2D eigenvalue weighted by Crippen LogP contribution is -2.48. The van der Waals surface area contributed by atoms with Gasteiger partial charge in [0, 0.05) is 38.8 Å². The quantitative estimate of drug-likeness (QED) is 0.876. The summed E-state index contributed by atoms with van der Waals surface area (Å²) >= 11 is 0.974. The van der Waals surface area contributed by atoms with E-state index in [-0.39, 0.29) is 10.1 Å². The molecule has 1 aliphatic rings. The lowest BCUT2D eigenvalue weighted by Gasteiger charge is -2.35. The van der Waals surface area contributed by atoms with E-state index in [1.165, 1.54) is 23.0 Å². The molecule has 2 aromatic rings. The summed E-state index contributed by atoms with van der Waals surface area (Å²) in [7, 11) is -3.58. The van der Waals surface area contributed by atoms with Crippen molar-refractivity contribution in [3.05, 3.63) is 36.0 Å². The van der Waals surface area contributed by atoms with Gasteiger partial charge < -0.3 is 10.2 Å². The first kappa shape index (κ1) is 17.8. The number of nitrogens with one attached hydrogen (secondary N) is 1. The summed E-state index contributed by atoms with van der Waals surface area (Å²) in [6, 6.07) is 8.23. The molecule has 1 aliphatic heterocycles. The minimum Gasteiger partial charge on any atom is -0.369 e. The Balaban J connectivity index is 1.68. The fourth-order valence-electron chi connectivity index (χ4n) is 2.66. The number of nitrogens with zero attached hydrogens (tertiary/aromatic N) is 3. The van der Waals surface area contributed by atoms with Gasteiger partial charge in [0.05, 0.1) is 6.20 Å². The highest BCUT2D eigenvalue weighted by Gasteiger charge is 2.30. The molecule has 134 valence electrons. The van der Waals surface area contributed by atoms with E-state index < -0.39 is 10.0 Å². The second kappa shape index (κ2) is 7.11. The molecule has 1 saturated heterocycles. The van der Waals surface area contributed by atoms with Crippen LogP contribution < -0.4 is 10.2 Å². The topological polar surface area (TPSA) is 82.6 Å². The SMILES string of the molecule is CC(=O)Nc1ncc(S(=O)(=O)N2CCN(c3ccc(C)cc3)CC2)s1. The van der Waals surface area contributed by atoms with Gasteiger partial charge in [0.1, 0.15) is 0 Å². The summed E-state index contributed by atoms with van der Waals surface area (Å²) in [6.45, 7) is 5.52. The van der Waals surface area contributed by atoms with Gasteiger partial charge in [-0.05, 0) is 19.1 Å². The van der Waals surface area contributed by atoms with Gasteiger partial charge in [-0.15, -0.1) is 0 Å². The molecule has 1 amide bonds. The Hall–Kier alpha value is -1.97. The van der Waals surface area contributed by atoms with Gasteiger partial charge in [0.15, 0.2) is 9.34 Å². The number of piperazine rings is 1. The van der Waals surface area contributed by atoms with Gasteiger partial charge in [-0.3, -0.25) is 4.79 Å². The van der Waals surface area contributed by atoms with E-state index in [0.717, 1.165) is 17.0 Å². The third-order valence-corrected chi connectivity index (χ3v) is 7.25. The third kappa shape index (κ3) is 4.00. The van der Waals surface area contributed by atoms with Crippen LogP contribution in [0.4, 0.5) is 10.8 Å². The van der Waals surface area contributed by atoms with Crippen molar-refractivity contribution >= 4 is 38.1 Å². The molecule has 9 heteroatoms. The summed E-state index contributed by atoms with van der Waals surface area (Å²) in [6.07, 6.45) is 1.30. The monoisotopic (exact) mass is 380 g/mol. The number of thiazole rings is 1. The summed E-state index contributed by atoms with van der Waals surface area (Å²) in [5.74, 6) is -0.273. The van der Waals surface area contributed by atoms with E-state index in [1.54, 1.807) is 0 Å². The lowest BCUT2D eigenvalue weighted by atomic mass is 10.2. The van der Waals surface area contributed by atoms with Gasteiger partial charge in [-0.1, -0.05) is 29.0 Å². The first-order valence-electron chi connectivity index (χ1n) is 7.91. The Labute approximate surface area is 151 Å². The molecule has 0 bridgehead atoms. The second-order valence-electron chi connectivity index (χ2n) is 5.89. The van der Waals surface area contributed by atoms with Crippen LogP contribution in [0.3, 0.4) is 0 Å². The summed E-state index contributed by atoms with van der Waals surface area (Å²) in [4.78, 5) is 17.2. The van der Waals surface area contributed by atoms with Crippen LogP contribution in [0.5, 0.6) is 0 Å². The molecule has 3 rings (SSSR count). The van der Waals surface area contributed by atoms with Crippen LogP contribution in [0.1, 0.15) is 12.5 Å². The van der Waals surface area contributed by atoms with Crippen molar-refractivity contribution in [1.82, 2.24) is 9.29 Å². The molecule has 0 spiro atoms. The molecule has 0 saturated carbocycles. The Morgan fingerprint density at radius 3 is 2.40 bits per heavy atom. The molecule has 1 aromatic carbocycles. The number of hydrogen-bond acceptors (Lipinski definition) is 6. The largest absolute Gasteiger partial charge is 0.369 e. The number of amides is 1. The van der Waals surface area contributed by atoms with E-state index in [9.17, 15) is 13.2 Å². The smallest absolute Gasteiger partial charge is 0.254 e. The highest BCUT2D eigenvalue weighted by Crippen LogP contribution is 2.27. The van der Waals surface area contributed by atoms with Crippen molar-refractivity contribution in [2.24, 2.45) is 0 Å². The van der Waals surface area contributed by atoms with Gasteiger partial charge in [0.25, 0.3) is 10.0 Å². The highest BCUT2D eigenvalue weighted by atomic mass is 32.2. The molecule has 25 heavy (non-hydrogen) atoms. The predicted octanol–water partition coefficient (Wildman–Crippen LogP) is 1.92. The lowest BCUT2D eigenvalue weighted by molar-refractivity contribution is -0.114. The zero-order chi connectivity index (χ0) is 18.0. The van der Waals surface area contributed by atoms with Gasteiger partial charge in [-0.25, -0.2) is 13.4 Å². The third-order valence-electron chi connectivity index (χ3n) is 4.00. The van der Waals surface area contributed by atoms with Crippen molar-refractivity contribution in [1.29, 1.82) is 0 Å². The molecular weight excluding hydrogens is 360 g/mol. The maximum absolute atomic E-state index is 12.7. The maximum atomic E-state index is 12.7. The van der Waals surface area contributed by atoms with Gasteiger partial charge in [-0.2, -0.15) is 4.31 Å². The molecule has 0 unspecified atom stereocenters. The first-order chi connectivity index (χ1) is 11.9. The van der Waals surface area contributed by atoms with Crippen LogP contribution in [-0.4, -0.2) is 49.8 Å². The maximum Gasteiger partial charge on any atom is 0.254 e. The minimum absolute atomic E-state index is 0.153. The van der Waals surface area contributed by atoms with Crippen molar-refractivity contribution in [2.75, 3.05) is 36.4 Å². The standard InChI is InChI=1S/C16H20N4O3S2/c1-12-3-5-14(6-4-12)19-7-9-20(10-8-19)25(22,23)15-11-17-16(24-15)18-13(2)21/h3-6,11H,7-10H2,1-2H3,(H,17,18,21). The number of carbonyl (C=O) groups excluding carboxylic acids is 1. The molecule has 0 radical (unpaired) electrons. The van der Waals surface area contributed by atoms with E-state index in [1.807, 2.05) is 6.92 Å². The number of aryl methyl sites for hydroxylation is 1. The van der Waals surface area contributed by atoms with Crippen molar-refractivity contribution < 1.29 is 13.2 Å². The molecule has 1 aromatic heterocycles. The van der Waals surface area contributed by atoms with Crippen LogP contribution >= 0.6 is 11.3 Å². The van der Waals surface area contributed by atoms with Gasteiger partial charge >= 0.3 is 0 Å². The van der Waals surface area contributed by atoms with E-state index >= 15 is 0 Å². The highest BCUT2D eigenvalue weighted by molar-refractivity contribution is 7.91. The molecule has 1 N–H and O–H groups in total.